The minimum atomic E-state index is -0.238. The largest absolute Gasteiger partial charge is 0.342 e. The summed E-state index contributed by atoms with van der Waals surface area (Å²) in [7, 11) is 0. The Morgan fingerprint density at radius 3 is 2.22 bits per heavy atom. The molecule has 0 amide bonds. The van der Waals surface area contributed by atoms with Gasteiger partial charge in [-0.05, 0) is 60.9 Å². The van der Waals surface area contributed by atoms with Crippen LogP contribution in [0.4, 0.5) is 0 Å². The van der Waals surface area contributed by atoms with Gasteiger partial charge in [-0.2, -0.15) is 0 Å². The van der Waals surface area contributed by atoms with Crippen LogP contribution in [0.1, 0.15) is 54.4 Å². The van der Waals surface area contributed by atoms with Gasteiger partial charge in [-0.15, -0.1) is 0 Å². The lowest BCUT2D eigenvalue weighted by atomic mass is 9.90. The van der Waals surface area contributed by atoms with Crippen molar-refractivity contribution < 1.29 is 9.47 Å². The summed E-state index contributed by atoms with van der Waals surface area (Å²) in [6.45, 7) is 13.5. The zero-order chi connectivity index (χ0) is 13.8. The molecule has 0 spiro atoms. The van der Waals surface area contributed by atoms with E-state index in [0.717, 1.165) is 19.4 Å². The average Bonchev–Trinajstić information content (AvgIpc) is 2.48. The van der Waals surface area contributed by atoms with Gasteiger partial charge in [-0.1, -0.05) is 12.2 Å². The van der Waals surface area contributed by atoms with Crippen LogP contribution in [-0.2, 0) is 9.47 Å². The number of unbranched alkanes of at least 4 members (excludes halogenated alkanes) is 1. The van der Waals surface area contributed by atoms with Crippen LogP contribution in [0.5, 0.6) is 0 Å². The molecule has 0 aromatic carbocycles. The van der Waals surface area contributed by atoms with E-state index in [1.807, 2.05) is 0 Å². The molecular weight excluding hydrogens is 226 g/mol. The van der Waals surface area contributed by atoms with Gasteiger partial charge in [0.15, 0.2) is 6.29 Å². The minimum absolute atomic E-state index is 0.156. The third-order valence-corrected chi connectivity index (χ3v) is 3.93. The zero-order valence-corrected chi connectivity index (χ0v) is 12.7. The van der Waals surface area contributed by atoms with Crippen molar-refractivity contribution in [1.29, 1.82) is 0 Å². The normalized spacial score (nSPS) is 24.8. The lowest BCUT2D eigenvalue weighted by Gasteiger charge is -2.30. The van der Waals surface area contributed by atoms with Gasteiger partial charge in [0, 0.05) is 0 Å². The summed E-state index contributed by atoms with van der Waals surface area (Å²) in [5, 5.41) is 3.48. The van der Waals surface area contributed by atoms with E-state index in [1.54, 1.807) is 0 Å². The summed E-state index contributed by atoms with van der Waals surface area (Å²) in [6, 6.07) is 0.219. The van der Waals surface area contributed by atoms with Gasteiger partial charge >= 0.3 is 0 Å². The molecule has 18 heavy (non-hydrogen) atoms. The highest BCUT2D eigenvalue weighted by Gasteiger charge is 2.50. The number of hydrogen-bond donors (Lipinski definition) is 1. The standard InChI is InChI=1S/C15H29NO2/c1-7-8-9-10-11-16-12(2)13-17-14(3,4)15(5,6)18-13/h7-8,12-13,16H,9-11H2,1-6H3. The van der Waals surface area contributed by atoms with E-state index in [4.69, 9.17) is 9.47 Å². The van der Waals surface area contributed by atoms with Crippen molar-refractivity contribution in [3.05, 3.63) is 12.2 Å². The summed E-state index contributed by atoms with van der Waals surface area (Å²) >= 11 is 0. The number of hydrogen-bond acceptors (Lipinski definition) is 3. The van der Waals surface area contributed by atoms with Gasteiger partial charge in [0.25, 0.3) is 0 Å². The topological polar surface area (TPSA) is 30.5 Å². The molecule has 0 saturated carbocycles. The smallest absolute Gasteiger partial charge is 0.174 e. The second kappa shape index (κ2) is 6.18. The van der Waals surface area contributed by atoms with Gasteiger partial charge in [0.1, 0.15) is 0 Å². The average molecular weight is 255 g/mol. The van der Waals surface area contributed by atoms with E-state index in [0.29, 0.717) is 0 Å². The van der Waals surface area contributed by atoms with Crippen molar-refractivity contribution in [3.63, 3.8) is 0 Å². The van der Waals surface area contributed by atoms with Crippen LogP contribution in [-0.4, -0.2) is 30.1 Å². The van der Waals surface area contributed by atoms with Crippen LogP contribution in [0, 0.1) is 0 Å². The van der Waals surface area contributed by atoms with Crippen LogP contribution in [0.15, 0.2) is 12.2 Å². The van der Waals surface area contributed by atoms with E-state index in [-0.39, 0.29) is 23.5 Å². The van der Waals surface area contributed by atoms with Crippen molar-refractivity contribution in [2.45, 2.75) is 77.9 Å². The van der Waals surface area contributed by atoms with E-state index in [1.165, 1.54) is 0 Å². The van der Waals surface area contributed by atoms with E-state index in [2.05, 4.69) is 59.0 Å². The molecule has 0 bridgehead atoms. The molecule has 1 atom stereocenters. The number of allylic oxidation sites excluding steroid dienone is 2. The Hall–Kier alpha value is -0.380. The van der Waals surface area contributed by atoms with Crippen molar-refractivity contribution in [3.8, 4) is 0 Å². The molecule has 1 saturated heterocycles. The summed E-state index contributed by atoms with van der Waals surface area (Å²) in [5.74, 6) is 0. The Morgan fingerprint density at radius 2 is 1.72 bits per heavy atom. The molecule has 0 aromatic rings. The molecule has 1 rings (SSSR count). The van der Waals surface area contributed by atoms with Crippen molar-refractivity contribution in [1.82, 2.24) is 5.32 Å². The molecule has 0 aliphatic carbocycles. The van der Waals surface area contributed by atoms with E-state index in [9.17, 15) is 0 Å². The van der Waals surface area contributed by atoms with Crippen LogP contribution >= 0.6 is 0 Å². The second-order valence-corrected chi connectivity index (χ2v) is 6.08. The summed E-state index contributed by atoms with van der Waals surface area (Å²) in [4.78, 5) is 0. The molecule has 1 N–H and O–H groups in total. The highest BCUT2D eigenvalue weighted by Crippen LogP contribution is 2.39. The molecule has 1 aliphatic rings. The molecule has 3 nitrogen and oxygen atoms in total. The number of rotatable bonds is 6. The van der Waals surface area contributed by atoms with Gasteiger partial charge in [-0.25, -0.2) is 0 Å². The Balaban J connectivity index is 2.34. The third-order valence-electron chi connectivity index (χ3n) is 3.93. The molecule has 3 heteroatoms. The van der Waals surface area contributed by atoms with Crippen LogP contribution in [0.25, 0.3) is 0 Å². The molecular formula is C15H29NO2. The highest BCUT2D eigenvalue weighted by atomic mass is 16.7. The molecule has 1 unspecified atom stereocenters. The predicted molar refractivity (Wildman–Crippen MR) is 75.6 cm³/mol. The lowest BCUT2D eigenvalue weighted by molar-refractivity contribution is -0.104. The number of nitrogens with one attached hydrogen (secondary N) is 1. The Morgan fingerprint density at radius 1 is 1.17 bits per heavy atom. The molecule has 0 aromatic heterocycles. The van der Waals surface area contributed by atoms with Gasteiger partial charge < -0.3 is 14.8 Å². The van der Waals surface area contributed by atoms with E-state index < -0.39 is 0 Å². The summed E-state index contributed by atoms with van der Waals surface area (Å²) in [5.41, 5.74) is -0.475. The summed E-state index contributed by atoms with van der Waals surface area (Å²) < 4.78 is 12.0. The maximum Gasteiger partial charge on any atom is 0.174 e. The monoisotopic (exact) mass is 255 g/mol. The first-order valence-corrected chi connectivity index (χ1v) is 7.00. The molecule has 1 heterocycles. The van der Waals surface area contributed by atoms with Crippen LogP contribution < -0.4 is 5.32 Å². The number of ether oxygens (including phenoxy) is 2. The maximum atomic E-state index is 6.01. The molecule has 106 valence electrons. The third kappa shape index (κ3) is 3.81. The molecule has 0 radical (unpaired) electrons. The SMILES string of the molecule is CC=CCCCNC(C)C1OC(C)(C)C(C)(C)O1. The quantitative estimate of drug-likeness (QED) is 0.584. The molecule has 1 aliphatic heterocycles. The van der Waals surface area contributed by atoms with Crippen molar-refractivity contribution in [2.75, 3.05) is 6.54 Å². The van der Waals surface area contributed by atoms with Crippen LogP contribution in [0.2, 0.25) is 0 Å². The fourth-order valence-electron chi connectivity index (χ4n) is 1.91. The Bertz CT molecular complexity index is 268. The highest BCUT2D eigenvalue weighted by molar-refractivity contribution is 4.96. The first kappa shape index (κ1) is 15.7. The van der Waals surface area contributed by atoms with Gasteiger partial charge in [0.05, 0.1) is 17.2 Å². The van der Waals surface area contributed by atoms with E-state index >= 15 is 0 Å². The van der Waals surface area contributed by atoms with Crippen molar-refractivity contribution >= 4 is 0 Å². The van der Waals surface area contributed by atoms with Gasteiger partial charge in [-0.3, -0.25) is 0 Å². The van der Waals surface area contributed by atoms with Crippen molar-refractivity contribution in [2.24, 2.45) is 0 Å². The summed E-state index contributed by atoms with van der Waals surface area (Å²) in [6.07, 6.45) is 6.41. The maximum absolute atomic E-state index is 6.01. The van der Waals surface area contributed by atoms with Gasteiger partial charge in [0.2, 0.25) is 0 Å². The predicted octanol–water partition coefficient (Wildman–Crippen LogP) is 3.25. The lowest BCUT2D eigenvalue weighted by Crippen LogP contribution is -2.41. The minimum Gasteiger partial charge on any atom is -0.342 e. The fourth-order valence-corrected chi connectivity index (χ4v) is 1.91. The van der Waals surface area contributed by atoms with Crippen LogP contribution in [0.3, 0.4) is 0 Å². The first-order chi connectivity index (χ1) is 8.30. The fraction of sp³-hybridized carbons (Fsp3) is 0.867. The second-order valence-electron chi connectivity index (χ2n) is 6.08. The first-order valence-electron chi connectivity index (χ1n) is 7.00. The Labute approximate surface area is 112 Å². The Kier molecular flexibility index (Phi) is 5.38. The zero-order valence-electron chi connectivity index (χ0n) is 12.7. The molecule has 1 fully saturated rings.